The molecule has 0 spiro atoms. The zero-order chi connectivity index (χ0) is 15.8. The second kappa shape index (κ2) is 6.39. The fourth-order valence-electron chi connectivity index (χ4n) is 3.47. The topological polar surface area (TPSA) is 12.5 Å². The maximum Gasteiger partial charge on any atom is 0.141 e. The lowest BCUT2D eigenvalue weighted by Gasteiger charge is -2.34. The summed E-state index contributed by atoms with van der Waals surface area (Å²) >= 11 is 8.23. The number of hydrogen-bond acceptors (Lipinski definition) is 3. The quantitative estimate of drug-likeness (QED) is 0.665. The van der Waals surface area contributed by atoms with Crippen molar-refractivity contribution in [1.29, 1.82) is 0 Å². The van der Waals surface area contributed by atoms with Gasteiger partial charge in [0.2, 0.25) is 0 Å². The molecule has 0 radical (unpaired) electrons. The van der Waals surface area contributed by atoms with Crippen molar-refractivity contribution in [2.75, 3.05) is 20.1 Å². The second-order valence-corrected chi connectivity index (χ2v) is 8.03. The van der Waals surface area contributed by atoms with E-state index in [0.717, 1.165) is 16.5 Å². The maximum absolute atomic E-state index is 6.30. The average molecular weight is 346 g/mol. The van der Waals surface area contributed by atoms with Gasteiger partial charge in [0, 0.05) is 15.8 Å². The molecule has 1 fully saturated rings. The van der Waals surface area contributed by atoms with Crippen molar-refractivity contribution in [3.63, 3.8) is 0 Å². The minimum Gasteiger partial charge on any atom is -0.456 e. The predicted octanol–water partition coefficient (Wildman–Crippen LogP) is 5.62. The van der Waals surface area contributed by atoms with Gasteiger partial charge in [-0.05, 0) is 69.2 Å². The van der Waals surface area contributed by atoms with Crippen LogP contribution in [0.15, 0.2) is 47.4 Å². The Bertz CT molecular complexity index is 712. The van der Waals surface area contributed by atoms with Gasteiger partial charge in [0.05, 0.1) is 4.90 Å². The van der Waals surface area contributed by atoms with Crippen molar-refractivity contribution in [2.45, 2.75) is 23.0 Å². The Labute approximate surface area is 146 Å². The molecule has 0 aliphatic carbocycles. The highest BCUT2D eigenvalue weighted by atomic mass is 35.5. The molecule has 0 aromatic heterocycles. The molecule has 4 rings (SSSR count). The van der Waals surface area contributed by atoms with Gasteiger partial charge < -0.3 is 9.64 Å². The first kappa shape index (κ1) is 15.4. The van der Waals surface area contributed by atoms with Crippen molar-refractivity contribution in [3.05, 3.63) is 53.1 Å². The van der Waals surface area contributed by atoms with E-state index in [1.807, 2.05) is 30.0 Å². The highest BCUT2D eigenvalue weighted by molar-refractivity contribution is 7.99. The van der Waals surface area contributed by atoms with Gasteiger partial charge in [-0.3, -0.25) is 0 Å². The number of fused-ring (bicyclic) bond motifs is 2. The predicted molar refractivity (Wildman–Crippen MR) is 96.8 cm³/mol. The van der Waals surface area contributed by atoms with E-state index >= 15 is 0 Å². The number of nitrogens with zero attached hydrogens (tertiary/aromatic N) is 1. The van der Waals surface area contributed by atoms with Crippen LogP contribution < -0.4 is 4.74 Å². The fourth-order valence-corrected chi connectivity index (χ4v) is 5.08. The van der Waals surface area contributed by atoms with Crippen LogP contribution in [0.3, 0.4) is 0 Å². The van der Waals surface area contributed by atoms with Crippen molar-refractivity contribution in [2.24, 2.45) is 5.92 Å². The van der Waals surface area contributed by atoms with E-state index in [1.165, 1.54) is 36.4 Å². The molecule has 2 aromatic carbocycles. The van der Waals surface area contributed by atoms with Crippen LogP contribution in [0.2, 0.25) is 5.02 Å². The maximum atomic E-state index is 6.30. The van der Waals surface area contributed by atoms with Crippen molar-refractivity contribution in [1.82, 2.24) is 4.90 Å². The lowest BCUT2D eigenvalue weighted by molar-refractivity contribution is 0.216. The molecule has 1 unspecified atom stereocenters. The Morgan fingerprint density at radius 1 is 1.09 bits per heavy atom. The van der Waals surface area contributed by atoms with Gasteiger partial charge >= 0.3 is 0 Å². The minimum atomic E-state index is 0.404. The van der Waals surface area contributed by atoms with E-state index in [-0.39, 0.29) is 0 Å². The third kappa shape index (κ3) is 3.10. The summed E-state index contributed by atoms with van der Waals surface area (Å²) in [6.07, 6.45) is 2.45. The van der Waals surface area contributed by atoms with Gasteiger partial charge in [0.1, 0.15) is 11.5 Å². The van der Waals surface area contributed by atoms with Crippen LogP contribution in [-0.4, -0.2) is 25.0 Å². The molecule has 0 N–H and O–H groups in total. The summed E-state index contributed by atoms with van der Waals surface area (Å²) in [4.78, 5) is 3.64. The third-order valence-electron chi connectivity index (χ3n) is 4.79. The van der Waals surface area contributed by atoms with Gasteiger partial charge in [-0.15, -0.1) is 11.8 Å². The van der Waals surface area contributed by atoms with E-state index in [2.05, 4.69) is 36.2 Å². The first-order valence-corrected chi connectivity index (χ1v) is 9.38. The van der Waals surface area contributed by atoms with Gasteiger partial charge in [-0.25, -0.2) is 0 Å². The minimum absolute atomic E-state index is 0.404. The van der Waals surface area contributed by atoms with Crippen molar-refractivity contribution < 1.29 is 4.74 Å². The Hall–Kier alpha value is -1.16. The van der Waals surface area contributed by atoms with Crippen LogP contribution in [0.4, 0.5) is 0 Å². The molecule has 1 saturated heterocycles. The Morgan fingerprint density at radius 3 is 2.70 bits per heavy atom. The number of halogens is 1. The molecule has 2 aromatic rings. The van der Waals surface area contributed by atoms with Crippen LogP contribution in [0.1, 0.15) is 23.7 Å². The monoisotopic (exact) mass is 345 g/mol. The fraction of sp³-hybridized carbons (Fsp3) is 0.368. The number of piperidine rings is 1. The zero-order valence-electron chi connectivity index (χ0n) is 13.2. The number of thioether (sulfide) groups is 1. The number of hydrogen-bond donors (Lipinski definition) is 0. The van der Waals surface area contributed by atoms with E-state index in [4.69, 9.17) is 16.3 Å². The summed E-state index contributed by atoms with van der Waals surface area (Å²) in [6.45, 7) is 2.33. The molecule has 2 heterocycles. The lowest BCUT2D eigenvalue weighted by atomic mass is 9.89. The van der Waals surface area contributed by atoms with Crippen LogP contribution in [0.25, 0.3) is 0 Å². The third-order valence-corrected chi connectivity index (χ3v) is 6.51. The number of benzene rings is 2. The van der Waals surface area contributed by atoms with Crippen LogP contribution in [0, 0.1) is 5.92 Å². The smallest absolute Gasteiger partial charge is 0.141 e. The molecule has 120 valence electrons. The number of rotatable bonds is 1. The summed E-state index contributed by atoms with van der Waals surface area (Å²) in [5.74, 6) is 2.57. The second-order valence-electron chi connectivity index (χ2n) is 6.41. The molecule has 23 heavy (non-hydrogen) atoms. The van der Waals surface area contributed by atoms with Gasteiger partial charge in [0.15, 0.2) is 0 Å². The van der Waals surface area contributed by atoms with Gasteiger partial charge in [-0.2, -0.15) is 0 Å². The number of likely N-dealkylation sites (tertiary alicyclic amines) is 1. The molecule has 1 atom stereocenters. The molecule has 0 bridgehead atoms. The highest BCUT2D eigenvalue weighted by Crippen LogP contribution is 2.53. The molecular weight excluding hydrogens is 326 g/mol. The Kier molecular flexibility index (Phi) is 4.27. The Balaban J connectivity index is 1.76. The van der Waals surface area contributed by atoms with E-state index in [9.17, 15) is 0 Å². The largest absolute Gasteiger partial charge is 0.456 e. The van der Waals surface area contributed by atoms with E-state index in [0.29, 0.717) is 11.2 Å². The first-order chi connectivity index (χ1) is 11.2. The van der Waals surface area contributed by atoms with Crippen LogP contribution in [-0.2, 0) is 0 Å². The first-order valence-electron chi connectivity index (χ1n) is 8.12. The summed E-state index contributed by atoms with van der Waals surface area (Å²) in [5, 5.41) is 1.19. The van der Waals surface area contributed by atoms with Crippen LogP contribution in [0.5, 0.6) is 11.5 Å². The summed E-state index contributed by atoms with van der Waals surface area (Å²) in [6, 6.07) is 14.4. The number of ether oxygens (including phenoxy) is 1. The standard InChI is InChI=1S/C19H20ClNOS/c1-21-10-8-13(9-11-21)19-15-12-14(20)6-7-16(15)22-17-4-2-3-5-18(17)23-19/h2-7,12-13,19H,8-11H2,1H3. The number of para-hydroxylation sites is 1. The zero-order valence-corrected chi connectivity index (χ0v) is 14.7. The van der Waals surface area contributed by atoms with Crippen molar-refractivity contribution in [3.8, 4) is 11.5 Å². The Morgan fingerprint density at radius 2 is 1.87 bits per heavy atom. The van der Waals surface area contributed by atoms with Crippen LogP contribution >= 0.6 is 23.4 Å². The average Bonchev–Trinajstić information content (AvgIpc) is 2.72. The van der Waals surface area contributed by atoms with E-state index < -0.39 is 0 Å². The molecule has 4 heteroatoms. The molecule has 2 aliphatic rings. The molecule has 2 nitrogen and oxygen atoms in total. The highest BCUT2D eigenvalue weighted by Gasteiger charge is 2.32. The summed E-state index contributed by atoms with van der Waals surface area (Å²) in [7, 11) is 2.21. The molecular formula is C19H20ClNOS. The van der Waals surface area contributed by atoms with Crippen molar-refractivity contribution >= 4 is 23.4 Å². The lowest BCUT2D eigenvalue weighted by Crippen LogP contribution is -2.32. The SMILES string of the molecule is CN1CCC(C2Sc3ccccc3Oc3ccc(Cl)cc32)CC1. The van der Waals surface area contributed by atoms with Gasteiger partial charge in [0.25, 0.3) is 0 Å². The molecule has 0 saturated carbocycles. The van der Waals surface area contributed by atoms with E-state index in [1.54, 1.807) is 0 Å². The summed E-state index contributed by atoms with van der Waals surface area (Å²) < 4.78 is 6.21. The molecule has 0 amide bonds. The molecule has 2 aliphatic heterocycles. The normalized spacial score (nSPS) is 21.9. The van der Waals surface area contributed by atoms with Gasteiger partial charge in [-0.1, -0.05) is 23.7 Å². The summed E-state index contributed by atoms with van der Waals surface area (Å²) in [5.41, 5.74) is 1.24.